The summed E-state index contributed by atoms with van der Waals surface area (Å²) in [7, 11) is 0. The van der Waals surface area contributed by atoms with Gasteiger partial charge in [-0.1, -0.05) is 30.3 Å². The molecule has 0 atom stereocenters. The Balaban J connectivity index is 1.59. The molecular weight excluding hydrogens is 382 g/mol. The first-order valence-corrected chi connectivity index (χ1v) is 10.5. The highest BCUT2D eigenvalue weighted by Gasteiger charge is 2.21. The lowest BCUT2D eigenvalue weighted by atomic mass is 10.1. The van der Waals surface area contributed by atoms with Crippen LogP contribution in [0.15, 0.2) is 53.1 Å². The van der Waals surface area contributed by atoms with Gasteiger partial charge in [-0.2, -0.15) is 0 Å². The van der Waals surface area contributed by atoms with Crippen LogP contribution in [-0.4, -0.2) is 79.0 Å². The van der Waals surface area contributed by atoms with Crippen LogP contribution in [0.2, 0.25) is 0 Å². The molecule has 1 fully saturated rings. The smallest absolute Gasteiger partial charge is 0.242 e. The van der Waals surface area contributed by atoms with Crippen LogP contribution in [0.1, 0.15) is 18.2 Å². The maximum absolute atomic E-state index is 13.1. The molecule has 0 N–H and O–H groups in total. The van der Waals surface area contributed by atoms with Crippen LogP contribution in [0, 0.1) is 0 Å². The lowest BCUT2D eigenvalue weighted by molar-refractivity contribution is -0.140. The number of ether oxygens (including phenoxy) is 1. The van der Waals surface area contributed by atoms with Gasteiger partial charge in [-0.3, -0.25) is 14.5 Å². The van der Waals surface area contributed by atoms with Gasteiger partial charge in [0, 0.05) is 39.6 Å². The van der Waals surface area contributed by atoms with Crippen molar-refractivity contribution >= 4 is 11.8 Å². The summed E-state index contributed by atoms with van der Waals surface area (Å²) in [4.78, 5) is 31.0. The van der Waals surface area contributed by atoms with Gasteiger partial charge < -0.3 is 19.0 Å². The Morgan fingerprint density at radius 2 is 1.77 bits per heavy atom. The molecule has 2 amide bonds. The summed E-state index contributed by atoms with van der Waals surface area (Å²) in [5, 5.41) is 0. The minimum absolute atomic E-state index is 0.0699. The van der Waals surface area contributed by atoms with Crippen molar-refractivity contribution in [2.24, 2.45) is 0 Å². The summed E-state index contributed by atoms with van der Waals surface area (Å²) in [5.74, 6) is 0.580. The molecule has 162 valence electrons. The standard InChI is InChI=1S/C23H31N3O4/c1-20(27)25(12-11-24-13-16-29-17-14-24)19-23(28)26(18-22-8-5-15-30-22)10-9-21-6-3-2-4-7-21/h2-8,15H,9-14,16-19H2,1H3. The van der Waals surface area contributed by atoms with Crippen molar-refractivity contribution in [3.8, 4) is 0 Å². The first-order valence-electron chi connectivity index (χ1n) is 10.5. The molecule has 0 unspecified atom stereocenters. The van der Waals surface area contributed by atoms with E-state index in [0.717, 1.165) is 45.0 Å². The molecule has 30 heavy (non-hydrogen) atoms. The van der Waals surface area contributed by atoms with E-state index < -0.39 is 0 Å². The molecule has 0 saturated carbocycles. The van der Waals surface area contributed by atoms with Crippen molar-refractivity contribution in [2.45, 2.75) is 19.9 Å². The first kappa shape index (κ1) is 22.1. The number of carbonyl (C=O) groups is 2. The summed E-state index contributed by atoms with van der Waals surface area (Å²) in [6, 6.07) is 13.8. The Labute approximate surface area is 178 Å². The number of furan rings is 1. The molecule has 0 aliphatic carbocycles. The molecule has 1 saturated heterocycles. The number of amides is 2. The summed E-state index contributed by atoms with van der Waals surface area (Å²) >= 11 is 0. The lowest BCUT2D eigenvalue weighted by Crippen LogP contribution is -2.46. The largest absolute Gasteiger partial charge is 0.467 e. The Hall–Kier alpha value is -2.64. The summed E-state index contributed by atoms with van der Waals surface area (Å²) in [6.45, 7) is 7.01. The van der Waals surface area contributed by atoms with E-state index in [4.69, 9.17) is 9.15 Å². The topological polar surface area (TPSA) is 66.2 Å². The molecule has 0 bridgehead atoms. The van der Waals surface area contributed by atoms with E-state index in [2.05, 4.69) is 17.0 Å². The quantitative estimate of drug-likeness (QED) is 0.596. The van der Waals surface area contributed by atoms with Crippen molar-refractivity contribution in [3.63, 3.8) is 0 Å². The van der Waals surface area contributed by atoms with E-state index in [9.17, 15) is 9.59 Å². The van der Waals surface area contributed by atoms with E-state index in [1.165, 1.54) is 12.5 Å². The first-order chi connectivity index (χ1) is 14.6. The maximum Gasteiger partial charge on any atom is 0.242 e. The van der Waals surface area contributed by atoms with Gasteiger partial charge in [0.05, 0.1) is 32.6 Å². The fourth-order valence-corrected chi connectivity index (χ4v) is 3.49. The maximum atomic E-state index is 13.1. The van der Waals surface area contributed by atoms with Crippen LogP contribution >= 0.6 is 0 Å². The molecule has 7 heteroatoms. The third-order valence-corrected chi connectivity index (χ3v) is 5.35. The Bertz CT molecular complexity index is 773. The van der Waals surface area contributed by atoms with Gasteiger partial charge in [-0.15, -0.1) is 0 Å². The molecule has 1 aromatic heterocycles. The lowest BCUT2D eigenvalue weighted by Gasteiger charge is -2.30. The predicted octanol–water partition coefficient (Wildman–Crippen LogP) is 2.03. The van der Waals surface area contributed by atoms with Crippen LogP contribution < -0.4 is 0 Å². The summed E-state index contributed by atoms with van der Waals surface area (Å²) in [6.07, 6.45) is 2.36. The van der Waals surface area contributed by atoms with Crippen molar-refractivity contribution in [1.82, 2.24) is 14.7 Å². The van der Waals surface area contributed by atoms with Crippen LogP contribution in [0.3, 0.4) is 0 Å². The van der Waals surface area contributed by atoms with E-state index in [0.29, 0.717) is 19.6 Å². The molecule has 7 nitrogen and oxygen atoms in total. The van der Waals surface area contributed by atoms with Gasteiger partial charge in [0.1, 0.15) is 5.76 Å². The van der Waals surface area contributed by atoms with Crippen molar-refractivity contribution in [1.29, 1.82) is 0 Å². The SMILES string of the molecule is CC(=O)N(CCN1CCOCC1)CC(=O)N(CCc1ccccc1)Cc1ccco1. The third kappa shape index (κ3) is 7.00. The average molecular weight is 414 g/mol. The number of rotatable bonds is 10. The zero-order valence-corrected chi connectivity index (χ0v) is 17.7. The zero-order chi connectivity index (χ0) is 21.2. The summed E-state index contributed by atoms with van der Waals surface area (Å²) in [5.41, 5.74) is 1.17. The molecular formula is C23H31N3O4. The van der Waals surface area contributed by atoms with Gasteiger partial charge in [0.25, 0.3) is 0 Å². The van der Waals surface area contributed by atoms with Crippen LogP contribution in [0.5, 0.6) is 0 Å². The van der Waals surface area contributed by atoms with Crippen LogP contribution in [0.25, 0.3) is 0 Å². The fraction of sp³-hybridized carbons (Fsp3) is 0.478. The minimum atomic E-state index is -0.0855. The fourth-order valence-electron chi connectivity index (χ4n) is 3.49. The molecule has 2 heterocycles. The molecule has 0 spiro atoms. The highest BCUT2D eigenvalue weighted by Crippen LogP contribution is 2.09. The second kappa shape index (κ2) is 11.5. The number of nitrogens with zero attached hydrogens (tertiary/aromatic N) is 3. The van der Waals surface area contributed by atoms with Crippen LogP contribution in [0.4, 0.5) is 0 Å². The summed E-state index contributed by atoms with van der Waals surface area (Å²) < 4.78 is 10.8. The van der Waals surface area contributed by atoms with Crippen LogP contribution in [-0.2, 0) is 27.3 Å². The van der Waals surface area contributed by atoms with Gasteiger partial charge in [-0.05, 0) is 24.1 Å². The molecule has 2 aromatic rings. The Kier molecular flexibility index (Phi) is 8.47. The van der Waals surface area contributed by atoms with Gasteiger partial charge in [-0.25, -0.2) is 0 Å². The Morgan fingerprint density at radius 3 is 2.43 bits per heavy atom. The number of morpholine rings is 1. The highest BCUT2D eigenvalue weighted by molar-refractivity contribution is 5.83. The van der Waals surface area contributed by atoms with E-state index in [1.807, 2.05) is 30.3 Å². The Morgan fingerprint density at radius 1 is 1.00 bits per heavy atom. The number of carbonyl (C=O) groups excluding carboxylic acids is 2. The monoisotopic (exact) mass is 413 g/mol. The van der Waals surface area contributed by atoms with E-state index in [-0.39, 0.29) is 18.4 Å². The number of hydrogen-bond acceptors (Lipinski definition) is 5. The van der Waals surface area contributed by atoms with Crippen molar-refractivity contribution in [3.05, 3.63) is 60.1 Å². The highest BCUT2D eigenvalue weighted by atomic mass is 16.5. The zero-order valence-electron chi connectivity index (χ0n) is 17.7. The van der Waals surface area contributed by atoms with Gasteiger partial charge in [0.2, 0.25) is 11.8 Å². The minimum Gasteiger partial charge on any atom is -0.467 e. The molecule has 1 aromatic carbocycles. The normalized spacial score (nSPS) is 14.4. The second-order valence-electron chi connectivity index (χ2n) is 7.52. The second-order valence-corrected chi connectivity index (χ2v) is 7.52. The molecule has 1 aliphatic rings. The average Bonchev–Trinajstić information content (AvgIpc) is 3.28. The van der Waals surface area contributed by atoms with Crippen molar-refractivity contribution in [2.75, 3.05) is 52.5 Å². The van der Waals surface area contributed by atoms with E-state index in [1.54, 1.807) is 16.1 Å². The van der Waals surface area contributed by atoms with Crippen molar-refractivity contribution < 1.29 is 18.7 Å². The molecule has 1 aliphatic heterocycles. The number of hydrogen-bond donors (Lipinski definition) is 0. The number of benzene rings is 1. The third-order valence-electron chi connectivity index (χ3n) is 5.35. The predicted molar refractivity (Wildman–Crippen MR) is 114 cm³/mol. The van der Waals surface area contributed by atoms with Gasteiger partial charge in [0.15, 0.2) is 0 Å². The van der Waals surface area contributed by atoms with Gasteiger partial charge >= 0.3 is 0 Å². The van der Waals surface area contributed by atoms with E-state index >= 15 is 0 Å². The molecule has 3 rings (SSSR count). The molecule has 0 radical (unpaired) electrons.